The minimum absolute atomic E-state index is 0.00671. The lowest BCUT2D eigenvalue weighted by molar-refractivity contribution is -0.163. The van der Waals surface area contributed by atoms with Gasteiger partial charge in [0.2, 0.25) is 0 Å². The normalized spacial score (nSPS) is 25.3. The van der Waals surface area contributed by atoms with Crippen LogP contribution in [0.3, 0.4) is 0 Å². The van der Waals surface area contributed by atoms with Crippen molar-refractivity contribution in [2.24, 2.45) is 11.3 Å². The topological polar surface area (TPSA) is 96.0 Å². The Morgan fingerprint density at radius 1 is 0.889 bits per heavy atom. The van der Waals surface area contributed by atoms with Crippen LogP contribution in [0, 0.1) is 11.3 Å². The number of esters is 3. The largest absolute Gasteiger partial charge is 0.465 e. The van der Waals surface area contributed by atoms with Crippen LogP contribution in [-0.4, -0.2) is 43.5 Å². The van der Waals surface area contributed by atoms with Gasteiger partial charge in [0, 0.05) is 6.42 Å². The van der Waals surface area contributed by atoms with Gasteiger partial charge in [-0.3, -0.25) is 9.59 Å². The Hall–Kier alpha value is -2.18. The Labute approximate surface area is 159 Å². The molecule has 0 heterocycles. The van der Waals surface area contributed by atoms with Gasteiger partial charge >= 0.3 is 17.9 Å². The van der Waals surface area contributed by atoms with Crippen LogP contribution in [0.15, 0.2) is 11.1 Å². The van der Waals surface area contributed by atoms with Crippen LogP contribution in [0.2, 0.25) is 0 Å². The quantitative estimate of drug-likeness (QED) is 0.516. The summed E-state index contributed by atoms with van der Waals surface area (Å²) in [4.78, 5) is 51.1. The third-order valence-corrected chi connectivity index (χ3v) is 5.22. The molecule has 0 amide bonds. The molecule has 150 valence electrons. The molecule has 2 atom stereocenters. The van der Waals surface area contributed by atoms with E-state index in [4.69, 9.17) is 14.2 Å². The molecule has 0 aromatic heterocycles. The second-order valence-corrected chi connectivity index (χ2v) is 6.72. The molecular formula is C20H28O7. The van der Waals surface area contributed by atoms with E-state index in [0.717, 1.165) is 12.8 Å². The molecule has 0 aromatic rings. The number of rotatable bonds is 6. The second-order valence-electron chi connectivity index (χ2n) is 6.72. The Bertz CT molecular complexity index is 649. The molecule has 1 spiro atoms. The molecular weight excluding hydrogens is 352 g/mol. The van der Waals surface area contributed by atoms with E-state index < -0.39 is 29.2 Å². The van der Waals surface area contributed by atoms with E-state index in [2.05, 4.69) is 0 Å². The molecule has 27 heavy (non-hydrogen) atoms. The van der Waals surface area contributed by atoms with Crippen molar-refractivity contribution in [1.82, 2.24) is 0 Å². The first-order valence-electron chi connectivity index (χ1n) is 9.74. The Kier molecular flexibility index (Phi) is 7.16. The molecule has 2 rings (SSSR count). The summed E-state index contributed by atoms with van der Waals surface area (Å²) in [6.07, 6.45) is 3.79. The average molecular weight is 380 g/mol. The summed E-state index contributed by atoms with van der Waals surface area (Å²) in [6.45, 7) is 5.25. The highest BCUT2D eigenvalue weighted by molar-refractivity contribution is 6.16. The minimum atomic E-state index is -1.35. The third-order valence-electron chi connectivity index (χ3n) is 5.22. The highest BCUT2D eigenvalue weighted by atomic mass is 16.5. The summed E-state index contributed by atoms with van der Waals surface area (Å²) in [5, 5.41) is 0. The summed E-state index contributed by atoms with van der Waals surface area (Å²) in [6, 6.07) is 0. The first kappa shape index (κ1) is 21.1. The monoisotopic (exact) mass is 380 g/mol. The first-order chi connectivity index (χ1) is 12.9. The van der Waals surface area contributed by atoms with Crippen molar-refractivity contribution in [1.29, 1.82) is 0 Å². The lowest BCUT2D eigenvalue weighted by Gasteiger charge is -2.48. The molecule has 0 saturated heterocycles. The van der Waals surface area contributed by atoms with Crippen LogP contribution in [0.25, 0.3) is 0 Å². The maximum Gasteiger partial charge on any atom is 0.335 e. The minimum Gasteiger partial charge on any atom is -0.465 e. The maximum atomic E-state index is 13.1. The van der Waals surface area contributed by atoms with Gasteiger partial charge in [-0.15, -0.1) is 0 Å². The van der Waals surface area contributed by atoms with Crippen molar-refractivity contribution in [2.45, 2.75) is 59.3 Å². The number of carbonyl (C=O) groups is 4. The van der Waals surface area contributed by atoms with Gasteiger partial charge in [0.15, 0.2) is 0 Å². The van der Waals surface area contributed by atoms with Gasteiger partial charge < -0.3 is 14.2 Å². The van der Waals surface area contributed by atoms with Crippen LogP contribution in [0.1, 0.15) is 59.3 Å². The number of ketones is 1. The van der Waals surface area contributed by atoms with E-state index in [-0.39, 0.29) is 43.2 Å². The number of carbonyl (C=O) groups excluding carboxylic acids is 4. The number of ether oxygens (including phenoxy) is 3. The van der Waals surface area contributed by atoms with Gasteiger partial charge in [-0.1, -0.05) is 19.3 Å². The predicted octanol–water partition coefficient (Wildman–Crippen LogP) is 2.51. The zero-order chi connectivity index (χ0) is 20.0. The van der Waals surface area contributed by atoms with Gasteiger partial charge in [0.1, 0.15) is 11.7 Å². The summed E-state index contributed by atoms with van der Waals surface area (Å²) >= 11 is 0. The number of hydrogen-bond acceptors (Lipinski definition) is 7. The van der Waals surface area contributed by atoms with E-state index >= 15 is 0 Å². The molecule has 7 nitrogen and oxygen atoms in total. The van der Waals surface area contributed by atoms with Crippen molar-refractivity contribution < 1.29 is 33.4 Å². The Morgan fingerprint density at radius 3 is 2.11 bits per heavy atom. The molecule has 0 aromatic carbocycles. The zero-order valence-electron chi connectivity index (χ0n) is 16.3. The molecule has 1 fully saturated rings. The first-order valence-corrected chi connectivity index (χ1v) is 9.74. The van der Waals surface area contributed by atoms with Crippen LogP contribution >= 0.6 is 0 Å². The van der Waals surface area contributed by atoms with Gasteiger partial charge in [-0.25, -0.2) is 9.59 Å². The molecule has 2 aliphatic rings. The molecule has 0 unspecified atom stereocenters. The highest BCUT2D eigenvalue weighted by Gasteiger charge is 2.66. The van der Waals surface area contributed by atoms with Crippen molar-refractivity contribution in [3.05, 3.63) is 11.1 Å². The number of hydrogen-bond donors (Lipinski definition) is 0. The molecule has 1 saturated carbocycles. The summed E-state index contributed by atoms with van der Waals surface area (Å²) in [5.74, 6) is -3.46. The van der Waals surface area contributed by atoms with Gasteiger partial charge in [0.25, 0.3) is 0 Å². The van der Waals surface area contributed by atoms with Gasteiger partial charge in [-0.05, 0) is 33.6 Å². The fourth-order valence-electron chi connectivity index (χ4n) is 4.14. The predicted molar refractivity (Wildman–Crippen MR) is 95.6 cm³/mol. The van der Waals surface area contributed by atoms with Crippen LogP contribution < -0.4 is 0 Å². The lowest BCUT2D eigenvalue weighted by atomic mass is 9.51. The SMILES string of the molecule is CCOC(=O)C1=C(C(=O)OCC)[C@@]2(CCCCCCC2=O)[C@@H]1C(=O)OCC. The molecule has 7 heteroatoms. The van der Waals surface area contributed by atoms with Gasteiger partial charge in [-0.2, -0.15) is 0 Å². The van der Waals surface area contributed by atoms with E-state index in [1.165, 1.54) is 0 Å². The van der Waals surface area contributed by atoms with Crippen LogP contribution in [0.4, 0.5) is 0 Å². The summed E-state index contributed by atoms with van der Waals surface area (Å²) < 4.78 is 15.4. The maximum absolute atomic E-state index is 13.1. The molecule has 0 N–H and O–H groups in total. The van der Waals surface area contributed by atoms with Crippen molar-refractivity contribution in [3.8, 4) is 0 Å². The third kappa shape index (κ3) is 3.77. The van der Waals surface area contributed by atoms with Crippen LogP contribution in [-0.2, 0) is 33.4 Å². The van der Waals surface area contributed by atoms with Crippen LogP contribution in [0.5, 0.6) is 0 Å². The van der Waals surface area contributed by atoms with E-state index in [1.54, 1.807) is 20.8 Å². The Morgan fingerprint density at radius 2 is 1.48 bits per heavy atom. The average Bonchev–Trinajstić information content (AvgIpc) is 2.58. The smallest absolute Gasteiger partial charge is 0.335 e. The summed E-state index contributed by atoms with van der Waals surface area (Å²) in [7, 11) is 0. The molecule has 0 bridgehead atoms. The Balaban J connectivity index is 2.63. The summed E-state index contributed by atoms with van der Waals surface area (Å²) in [5.41, 5.74) is -1.43. The zero-order valence-corrected chi connectivity index (χ0v) is 16.3. The van der Waals surface area contributed by atoms with E-state index in [9.17, 15) is 19.2 Å². The fraction of sp³-hybridized carbons (Fsp3) is 0.700. The van der Waals surface area contributed by atoms with E-state index in [0.29, 0.717) is 19.3 Å². The standard InChI is InChI=1S/C20H28O7/c1-4-25-17(22)14-15(18(23)26-5-2)20(16(14)19(24)27-6-3)12-10-8-7-9-11-13(20)21/h15H,4-12H2,1-3H3/t15-,20+/m0/s1. The van der Waals surface area contributed by atoms with Crippen molar-refractivity contribution in [3.63, 3.8) is 0 Å². The van der Waals surface area contributed by atoms with Crippen molar-refractivity contribution >= 4 is 23.7 Å². The highest BCUT2D eigenvalue weighted by Crippen LogP contribution is 2.58. The van der Waals surface area contributed by atoms with E-state index in [1.807, 2.05) is 0 Å². The van der Waals surface area contributed by atoms with Gasteiger partial charge in [0.05, 0.1) is 36.4 Å². The number of Topliss-reactive ketones (excluding diaryl/α,β-unsaturated/α-hetero) is 1. The second kappa shape index (κ2) is 9.15. The molecule has 2 aliphatic carbocycles. The molecule has 0 aliphatic heterocycles. The van der Waals surface area contributed by atoms with Crippen molar-refractivity contribution in [2.75, 3.05) is 19.8 Å². The molecule has 0 radical (unpaired) electrons. The fourth-order valence-corrected chi connectivity index (χ4v) is 4.14. The lowest BCUT2D eigenvalue weighted by Crippen LogP contribution is -2.57.